The first kappa shape index (κ1) is 21.7. The van der Waals surface area contributed by atoms with Gasteiger partial charge in [-0.25, -0.2) is 9.07 Å². The molecule has 2 aromatic carbocycles. The molecule has 0 N–H and O–H groups in total. The fraction of sp³-hybridized carbons (Fsp3) is 0.261. The van der Waals surface area contributed by atoms with Crippen molar-refractivity contribution in [2.45, 2.75) is 6.92 Å². The molecule has 0 unspecified atom stereocenters. The second-order valence-corrected chi connectivity index (χ2v) is 9.14. The highest BCUT2D eigenvalue weighted by Gasteiger charge is 2.25. The number of halogens is 2. The summed E-state index contributed by atoms with van der Waals surface area (Å²) < 4.78 is 21.6. The van der Waals surface area contributed by atoms with Gasteiger partial charge in [-0.05, 0) is 49.4 Å². The molecule has 0 aliphatic carbocycles. The van der Waals surface area contributed by atoms with Crippen LogP contribution in [0.3, 0.4) is 0 Å². The van der Waals surface area contributed by atoms with Crippen LogP contribution in [0.5, 0.6) is 5.75 Å². The Kier molecular flexibility index (Phi) is 5.67. The Hall–Kier alpha value is -3.17. The average molecular weight is 486 g/mol. The topological polar surface area (TPSA) is 63.5 Å². The number of anilines is 1. The third-order valence-corrected chi connectivity index (χ3v) is 7.20. The number of rotatable bonds is 4. The molecule has 1 amide bonds. The molecule has 1 saturated heterocycles. The maximum absolute atomic E-state index is 13.4. The highest BCUT2D eigenvalue weighted by molar-refractivity contribution is 7.22. The maximum Gasteiger partial charge on any atom is 0.254 e. The van der Waals surface area contributed by atoms with Crippen LogP contribution >= 0.6 is 22.9 Å². The minimum absolute atomic E-state index is 0.0461. The van der Waals surface area contributed by atoms with Gasteiger partial charge in [0, 0.05) is 31.7 Å². The molecule has 1 aliphatic heterocycles. The van der Waals surface area contributed by atoms with Gasteiger partial charge in [-0.1, -0.05) is 22.9 Å². The Morgan fingerprint density at radius 3 is 2.52 bits per heavy atom. The number of ether oxygens (including phenoxy) is 1. The van der Waals surface area contributed by atoms with Gasteiger partial charge >= 0.3 is 0 Å². The maximum atomic E-state index is 13.4. The predicted octanol–water partition coefficient (Wildman–Crippen LogP) is 4.55. The zero-order chi connectivity index (χ0) is 23.1. The lowest BCUT2D eigenvalue weighted by Crippen LogP contribution is -2.48. The Bertz CT molecular complexity index is 1330. The summed E-state index contributed by atoms with van der Waals surface area (Å²) in [4.78, 5) is 21.6. The average Bonchev–Trinajstić information content (AvgIpc) is 3.41. The van der Waals surface area contributed by atoms with Gasteiger partial charge in [0.25, 0.3) is 5.91 Å². The van der Waals surface area contributed by atoms with Gasteiger partial charge in [-0.15, -0.1) is 0 Å². The third-order valence-electron chi connectivity index (χ3n) is 5.70. The fourth-order valence-corrected chi connectivity index (χ4v) is 5.09. The molecule has 1 aliphatic rings. The van der Waals surface area contributed by atoms with E-state index in [0.29, 0.717) is 31.7 Å². The van der Waals surface area contributed by atoms with Crippen molar-refractivity contribution in [1.29, 1.82) is 0 Å². The molecule has 10 heteroatoms. The van der Waals surface area contributed by atoms with Gasteiger partial charge in [-0.3, -0.25) is 4.79 Å². The van der Waals surface area contributed by atoms with Crippen molar-refractivity contribution >= 4 is 44.3 Å². The summed E-state index contributed by atoms with van der Waals surface area (Å²) in [5.41, 5.74) is 3.05. The number of benzene rings is 2. The van der Waals surface area contributed by atoms with E-state index in [4.69, 9.17) is 21.3 Å². The van der Waals surface area contributed by atoms with E-state index in [9.17, 15) is 9.18 Å². The summed E-state index contributed by atoms with van der Waals surface area (Å²) in [7, 11) is 1.64. The monoisotopic (exact) mass is 485 g/mol. The van der Waals surface area contributed by atoms with E-state index in [-0.39, 0.29) is 10.9 Å². The molecule has 4 aromatic rings. The van der Waals surface area contributed by atoms with Gasteiger partial charge in [0.1, 0.15) is 11.6 Å². The number of hydrogen-bond donors (Lipinski definition) is 0. The summed E-state index contributed by atoms with van der Waals surface area (Å²) in [6, 6.07) is 11.8. The first-order valence-corrected chi connectivity index (χ1v) is 11.6. The van der Waals surface area contributed by atoms with E-state index in [1.165, 1.54) is 18.2 Å². The van der Waals surface area contributed by atoms with E-state index >= 15 is 0 Å². The lowest BCUT2D eigenvalue weighted by molar-refractivity contribution is 0.0746. The van der Waals surface area contributed by atoms with Crippen LogP contribution in [0.2, 0.25) is 5.02 Å². The SMILES string of the molecule is COc1ccc(-n2nc(C)c3sc(N4CCN(C(=O)c5ccc(F)c(Cl)c5)CC4)nc32)cc1. The molecular weight excluding hydrogens is 465 g/mol. The molecule has 0 saturated carbocycles. The number of thiazole rings is 1. The Morgan fingerprint density at radius 2 is 1.85 bits per heavy atom. The fourth-order valence-electron chi connectivity index (χ4n) is 3.87. The molecule has 5 rings (SSSR count). The second-order valence-electron chi connectivity index (χ2n) is 7.75. The van der Waals surface area contributed by atoms with Crippen molar-refractivity contribution in [2.24, 2.45) is 0 Å². The van der Waals surface area contributed by atoms with E-state index in [2.05, 4.69) is 10.00 Å². The van der Waals surface area contributed by atoms with Crippen LogP contribution < -0.4 is 9.64 Å². The Morgan fingerprint density at radius 1 is 1.12 bits per heavy atom. The summed E-state index contributed by atoms with van der Waals surface area (Å²) in [6.45, 7) is 4.40. The van der Waals surface area contributed by atoms with Gasteiger partial charge < -0.3 is 14.5 Å². The summed E-state index contributed by atoms with van der Waals surface area (Å²) >= 11 is 7.45. The van der Waals surface area contributed by atoms with Gasteiger partial charge in [0.2, 0.25) is 0 Å². The number of nitrogens with zero attached hydrogens (tertiary/aromatic N) is 5. The van der Waals surface area contributed by atoms with Crippen LogP contribution in [0, 0.1) is 12.7 Å². The molecule has 0 radical (unpaired) electrons. The molecule has 0 spiro atoms. The smallest absolute Gasteiger partial charge is 0.254 e. The second kappa shape index (κ2) is 8.64. The summed E-state index contributed by atoms with van der Waals surface area (Å²) in [6.07, 6.45) is 0. The first-order chi connectivity index (χ1) is 15.9. The van der Waals surface area contributed by atoms with E-state index in [1.54, 1.807) is 23.3 Å². The molecule has 33 heavy (non-hydrogen) atoms. The van der Waals surface area contributed by atoms with Crippen LogP contribution in [0.25, 0.3) is 16.0 Å². The lowest BCUT2D eigenvalue weighted by Gasteiger charge is -2.34. The largest absolute Gasteiger partial charge is 0.497 e. The molecule has 3 heterocycles. The number of hydrogen-bond acceptors (Lipinski definition) is 6. The number of amides is 1. The number of aryl methyl sites for hydroxylation is 1. The lowest BCUT2D eigenvalue weighted by atomic mass is 10.2. The normalized spacial score (nSPS) is 14.2. The molecular formula is C23H21ClFN5O2S. The van der Waals surface area contributed by atoms with E-state index in [1.807, 2.05) is 35.9 Å². The first-order valence-electron chi connectivity index (χ1n) is 10.4. The summed E-state index contributed by atoms with van der Waals surface area (Å²) in [5, 5.41) is 5.52. The Labute approximate surface area is 199 Å². The van der Waals surface area contributed by atoms with Crippen LogP contribution in [0.4, 0.5) is 9.52 Å². The van der Waals surface area contributed by atoms with Crippen LogP contribution in [0.15, 0.2) is 42.5 Å². The van der Waals surface area contributed by atoms with Crippen molar-refractivity contribution in [2.75, 3.05) is 38.2 Å². The van der Waals surface area contributed by atoms with Gasteiger partial charge in [0.15, 0.2) is 10.8 Å². The third kappa shape index (κ3) is 4.02. The number of piperazine rings is 1. The zero-order valence-electron chi connectivity index (χ0n) is 18.1. The van der Waals surface area contributed by atoms with Crippen LogP contribution in [0.1, 0.15) is 16.1 Å². The van der Waals surface area contributed by atoms with Crippen molar-refractivity contribution in [3.63, 3.8) is 0 Å². The number of carbonyl (C=O) groups excluding carboxylic acids is 1. The zero-order valence-corrected chi connectivity index (χ0v) is 19.7. The minimum atomic E-state index is -0.530. The quantitative estimate of drug-likeness (QED) is 0.424. The Balaban J connectivity index is 1.33. The van der Waals surface area contributed by atoms with Crippen molar-refractivity contribution in [3.05, 3.63) is 64.6 Å². The predicted molar refractivity (Wildman–Crippen MR) is 128 cm³/mol. The van der Waals surface area contributed by atoms with Crippen LogP contribution in [-0.2, 0) is 0 Å². The standard InChI is InChI=1S/C23H21ClFN5O2S/c1-14-20-21(30(27-14)16-4-6-17(32-2)7-5-16)26-23(33-20)29-11-9-28(10-12-29)22(31)15-3-8-19(25)18(24)13-15/h3-8,13H,9-12H2,1-2H3. The van der Waals surface area contributed by atoms with Crippen molar-refractivity contribution < 1.29 is 13.9 Å². The number of methoxy groups -OCH3 is 1. The highest BCUT2D eigenvalue weighted by atomic mass is 35.5. The van der Waals surface area contributed by atoms with Gasteiger partial charge in [-0.2, -0.15) is 10.1 Å². The molecule has 170 valence electrons. The van der Waals surface area contributed by atoms with E-state index in [0.717, 1.165) is 32.6 Å². The van der Waals surface area contributed by atoms with Crippen LogP contribution in [-0.4, -0.2) is 58.9 Å². The molecule has 0 bridgehead atoms. The van der Waals surface area contributed by atoms with E-state index < -0.39 is 5.82 Å². The molecule has 1 fully saturated rings. The summed E-state index contributed by atoms with van der Waals surface area (Å²) in [5.74, 6) is 0.109. The number of carbonyl (C=O) groups is 1. The number of fused-ring (bicyclic) bond motifs is 1. The van der Waals surface area contributed by atoms with Crippen molar-refractivity contribution in [3.8, 4) is 11.4 Å². The van der Waals surface area contributed by atoms with Crippen molar-refractivity contribution in [1.82, 2.24) is 19.7 Å². The van der Waals surface area contributed by atoms with Gasteiger partial charge in [0.05, 0.1) is 28.2 Å². The minimum Gasteiger partial charge on any atom is -0.497 e. The highest BCUT2D eigenvalue weighted by Crippen LogP contribution is 2.33. The number of aromatic nitrogens is 3. The molecule has 7 nitrogen and oxygen atoms in total. The molecule has 0 atom stereocenters. The molecule has 2 aromatic heterocycles.